The lowest BCUT2D eigenvalue weighted by atomic mass is 10.1. The van der Waals surface area contributed by atoms with Gasteiger partial charge in [-0.3, -0.25) is 10.1 Å². The highest BCUT2D eigenvalue weighted by Gasteiger charge is 2.13. The Hall–Kier alpha value is -3.91. The fourth-order valence-corrected chi connectivity index (χ4v) is 3.75. The highest BCUT2D eigenvalue weighted by atomic mass is 32.1. The van der Waals surface area contributed by atoms with Gasteiger partial charge in [-0.15, -0.1) is 0 Å². The molecule has 0 bridgehead atoms. The van der Waals surface area contributed by atoms with Gasteiger partial charge in [0, 0.05) is 16.8 Å². The van der Waals surface area contributed by atoms with Crippen LogP contribution >= 0.6 is 12.2 Å². The maximum Gasteiger partial charge on any atom is 0.257 e. The third-order valence-electron chi connectivity index (χ3n) is 4.99. The normalized spacial score (nSPS) is 10.7. The first-order chi connectivity index (χ1) is 15.9. The fraction of sp³-hybridized carbons (Fsp3) is 0.160. The number of nitrogens with zero attached hydrogens (tertiary/aromatic N) is 1. The van der Waals surface area contributed by atoms with Crippen LogP contribution in [0.4, 0.5) is 5.69 Å². The van der Waals surface area contributed by atoms with E-state index >= 15 is 0 Å². The predicted molar refractivity (Wildman–Crippen MR) is 132 cm³/mol. The average molecular weight is 462 g/mol. The lowest BCUT2D eigenvalue weighted by Crippen LogP contribution is -2.34. The van der Waals surface area contributed by atoms with Gasteiger partial charge in [0.25, 0.3) is 5.91 Å². The molecule has 2 N–H and O–H groups in total. The molecule has 3 aromatic carbocycles. The molecule has 1 amide bonds. The first-order valence-corrected chi connectivity index (χ1v) is 10.6. The average Bonchev–Trinajstić information content (AvgIpc) is 3.21. The number of hydrogen-bond acceptors (Lipinski definition) is 6. The summed E-state index contributed by atoms with van der Waals surface area (Å²) in [5.41, 5.74) is 5.63. The molecule has 0 saturated carbocycles. The van der Waals surface area contributed by atoms with E-state index in [1.807, 2.05) is 44.2 Å². The molecule has 4 aromatic rings. The van der Waals surface area contributed by atoms with Crippen LogP contribution in [0.3, 0.4) is 0 Å². The van der Waals surface area contributed by atoms with Crippen molar-refractivity contribution in [1.29, 1.82) is 0 Å². The topological polar surface area (TPSA) is 85.6 Å². The van der Waals surface area contributed by atoms with Crippen molar-refractivity contribution in [1.82, 2.24) is 10.3 Å². The van der Waals surface area contributed by atoms with Gasteiger partial charge in [0.1, 0.15) is 5.52 Å². The zero-order chi connectivity index (χ0) is 23.5. The Kier molecular flexibility index (Phi) is 6.28. The lowest BCUT2D eigenvalue weighted by Gasteiger charge is -2.11. The van der Waals surface area contributed by atoms with E-state index in [1.165, 1.54) is 14.2 Å². The molecular weight excluding hydrogens is 438 g/mol. The number of rotatable bonds is 5. The molecule has 0 atom stereocenters. The van der Waals surface area contributed by atoms with Crippen LogP contribution in [-0.2, 0) is 0 Å². The van der Waals surface area contributed by atoms with Crippen molar-refractivity contribution >= 4 is 40.0 Å². The van der Waals surface area contributed by atoms with Gasteiger partial charge in [0.2, 0.25) is 5.89 Å². The summed E-state index contributed by atoms with van der Waals surface area (Å²) < 4.78 is 16.4. The minimum atomic E-state index is -0.368. The summed E-state index contributed by atoms with van der Waals surface area (Å²) in [6.07, 6.45) is 0. The maximum atomic E-state index is 12.6. The number of amides is 1. The first-order valence-electron chi connectivity index (χ1n) is 10.2. The van der Waals surface area contributed by atoms with Crippen LogP contribution in [0.5, 0.6) is 11.5 Å². The molecule has 0 unspecified atom stereocenters. The summed E-state index contributed by atoms with van der Waals surface area (Å²) in [6, 6.07) is 16.5. The number of nitrogens with one attached hydrogen (secondary N) is 2. The summed E-state index contributed by atoms with van der Waals surface area (Å²) in [5.74, 6) is 1.18. The molecule has 33 heavy (non-hydrogen) atoms. The van der Waals surface area contributed by atoms with Crippen molar-refractivity contribution in [3.8, 4) is 23.0 Å². The minimum absolute atomic E-state index is 0.159. The van der Waals surface area contributed by atoms with Crippen LogP contribution < -0.4 is 20.1 Å². The summed E-state index contributed by atoms with van der Waals surface area (Å²) in [4.78, 5) is 17.2. The molecule has 0 aliphatic rings. The minimum Gasteiger partial charge on any atom is -0.493 e. The molecule has 7 nitrogen and oxygen atoms in total. The Balaban J connectivity index is 1.48. The van der Waals surface area contributed by atoms with Crippen LogP contribution in [0.15, 0.2) is 59.0 Å². The number of aromatic nitrogens is 1. The highest BCUT2D eigenvalue weighted by Crippen LogP contribution is 2.28. The Morgan fingerprint density at radius 3 is 2.36 bits per heavy atom. The molecule has 0 radical (unpaired) electrons. The van der Waals surface area contributed by atoms with Gasteiger partial charge in [0.05, 0.1) is 14.2 Å². The van der Waals surface area contributed by atoms with E-state index in [-0.39, 0.29) is 11.0 Å². The standard InChI is InChI=1S/C25H23N3O4S/c1-14-9-15(2)11-17(10-14)24-27-19-13-18(6-8-20(19)32-24)26-25(33)28-23(29)16-5-7-21(30-3)22(12-16)31-4/h5-13H,1-4H3,(H2,26,28,29,33). The second-order valence-electron chi connectivity index (χ2n) is 7.56. The smallest absolute Gasteiger partial charge is 0.257 e. The number of ether oxygens (including phenoxy) is 2. The molecule has 168 valence electrons. The van der Waals surface area contributed by atoms with Crippen LogP contribution in [0.1, 0.15) is 21.5 Å². The number of thiocarbonyl (C=S) groups is 1. The van der Waals surface area contributed by atoms with E-state index in [0.717, 1.165) is 16.7 Å². The Morgan fingerprint density at radius 2 is 1.67 bits per heavy atom. The number of anilines is 1. The second-order valence-corrected chi connectivity index (χ2v) is 7.96. The van der Waals surface area contributed by atoms with Crippen molar-refractivity contribution < 1.29 is 18.7 Å². The van der Waals surface area contributed by atoms with E-state index in [0.29, 0.717) is 39.7 Å². The number of carbonyl (C=O) groups is 1. The zero-order valence-corrected chi connectivity index (χ0v) is 19.5. The van der Waals surface area contributed by atoms with Gasteiger partial charge in [-0.1, -0.05) is 17.2 Å². The van der Waals surface area contributed by atoms with Gasteiger partial charge in [-0.25, -0.2) is 4.98 Å². The van der Waals surface area contributed by atoms with Gasteiger partial charge in [0.15, 0.2) is 22.2 Å². The third-order valence-corrected chi connectivity index (χ3v) is 5.19. The Bertz CT molecular complexity index is 1340. The van der Waals surface area contributed by atoms with Crippen molar-refractivity contribution in [3.05, 3.63) is 71.3 Å². The number of fused-ring (bicyclic) bond motifs is 1. The van der Waals surface area contributed by atoms with Crippen molar-refractivity contribution in [2.45, 2.75) is 13.8 Å². The molecule has 0 aliphatic heterocycles. The molecule has 0 fully saturated rings. The monoisotopic (exact) mass is 461 g/mol. The van der Waals surface area contributed by atoms with E-state index in [4.69, 9.17) is 26.1 Å². The van der Waals surface area contributed by atoms with Crippen LogP contribution in [-0.4, -0.2) is 30.2 Å². The van der Waals surface area contributed by atoms with Crippen LogP contribution in [0.2, 0.25) is 0 Å². The van der Waals surface area contributed by atoms with E-state index < -0.39 is 0 Å². The maximum absolute atomic E-state index is 12.6. The summed E-state index contributed by atoms with van der Waals surface area (Å²) in [5, 5.41) is 5.84. The largest absolute Gasteiger partial charge is 0.493 e. The van der Waals surface area contributed by atoms with E-state index in [2.05, 4.69) is 21.7 Å². The molecule has 1 heterocycles. The molecule has 8 heteroatoms. The molecular formula is C25H23N3O4S. The first kappa shape index (κ1) is 22.3. The van der Waals surface area contributed by atoms with Crippen molar-refractivity contribution in [2.75, 3.05) is 19.5 Å². The quantitative estimate of drug-likeness (QED) is 0.392. The van der Waals surface area contributed by atoms with Gasteiger partial charge in [-0.05, 0) is 74.6 Å². The summed E-state index contributed by atoms with van der Waals surface area (Å²) in [6.45, 7) is 4.08. The summed E-state index contributed by atoms with van der Waals surface area (Å²) in [7, 11) is 3.05. The molecule has 0 spiro atoms. The molecule has 4 rings (SSSR count). The van der Waals surface area contributed by atoms with Crippen molar-refractivity contribution in [2.24, 2.45) is 0 Å². The number of hydrogen-bond donors (Lipinski definition) is 2. The highest BCUT2D eigenvalue weighted by molar-refractivity contribution is 7.80. The Morgan fingerprint density at radius 1 is 0.939 bits per heavy atom. The van der Waals surface area contributed by atoms with Gasteiger partial charge < -0.3 is 19.2 Å². The third kappa shape index (κ3) is 4.96. The van der Waals surface area contributed by atoms with Gasteiger partial charge in [-0.2, -0.15) is 0 Å². The number of methoxy groups -OCH3 is 2. The molecule has 1 aromatic heterocycles. The van der Waals surface area contributed by atoms with E-state index in [9.17, 15) is 4.79 Å². The second kappa shape index (κ2) is 9.30. The number of oxazole rings is 1. The summed E-state index contributed by atoms with van der Waals surface area (Å²) >= 11 is 5.31. The SMILES string of the molecule is COc1ccc(C(=O)NC(=S)Nc2ccc3oc(-c4cc(C)cc(C)c4)nc3c2)cc1OC. The fourth-order valence-electron chi connectivity index (χ4n) is 3.54. The van der Waals surface area contributed by atoms with Gasteiger partial charge >= 0.3 is 0 Å². The van der Waals surface area contributed by atoms with Crippen LogP contribution in [0.25, 0.3) is 22.6 Å². The molecule has 0 saturated heterocycles. The Labute approximate surface area is 196 Å². The van der Waals surface area contributed by atoms with E-state index in [1.54, 1.807) is 18.2 Å². The molecule has 0 aliphatic carbocycles. The predicted octanol–water partition coefficient (Wildman–Crippen LogP) is 5.26. The number of carbonyl (C=O) groups excluding carboxylic acids is 1. The van der Waals surface area contributed by atoms with Crippen LogP contribution in [0, 0.1) is 13.8 Å². The van der Waals surface area contributed by atoms with Crippen molar-refractivity contribution in [3.63, 3.8) is 0 Å². The lowest BCUT2D eigenvalue weighted by molar-refractivity contribution is 0.0977. The number of aryl methyl sites for hydroxylation is 2. The zero-order valence-electron chi connectivity index (χ0n) is 18.7. The number of benzene rings is 3.